The number of carbonyl (C=O) groups is 4. The summed E-state index contributed by atoms with van der Waals surface area (Å²) < 4.78 is 5.09. The molecule has 2 N–H and O–H groups in total. The summed E-state index contributed by atoms with van der Waals surface area (Å²) in [5.74, 6) is -2.18. The van der Waals surface area contributed by atoms with E-state index in [2.05, 4.69) is 10.6 Å². The number of esters is 1. The predicted octanol–water partition coefficient (Wildman–Crippen LogP) is 5.90. The zero-order valence-electron chi connectivity index (χ0n) is 20.5. The van der Waals surface area contributed by atoms with Gasteiger partial charge in [0, 0.05) is 22.0 Å². The van der Waals surface area contributed by atoms with Crippen LogP contribution in [0, 0.1) is 6.92 Å². The number of amides is 3. The van der Waals surface area contributed by atoms with E-state index in [1.807, 2.05) is 19.9 Å². The number of halogens is 2. The summed E-state index contributed by atoms with van der Waals surface area (Å²) in [5, 5.41) is 5.91. The van der Waals surface area contributed by atoms with Crippen LogP contribution in [0.3, 0.4) is 0 Å². The van der Waals surface area contributed by atoms with Gasteiger partial charge in [0.05, 0.1) is 17.9 Å². The molecule has 1 aliphatic rings. The second-order valence-electron chi connectivity index (χ2n) is 8.43. The molecule has 194 valence electrons. The van der Waals surface area contributed by atoms with E-state index in [-0.39, 0.29) is 22.3 Å². The fraction of sp³-hybridized carbons (Fsp3) is 0.143. The first-order valence-electron chi connectivity index (χ1n) is 11.7. The maximum Gasteiger partial charge on any atom is 0.338 e. The van der Waals surface area contributed by atoms with Crippen molar-refractivity contribution in [3.05, 3.63) is 99.2 Å². The van der Waals surface area contributed by atoms with Gasteiger partial charge in [-0.2, -0.15) is 0 Å². The van der Waals surface area contributed by atoms with Crippen LogP contribution in [0.1, 0.15) is 39.6 Å². The molecule has 10 heteroatoms. The van der Waals surface area contributed by atoms with Crippen molar-refractivity contribution in [1.29, 1.82) is 0 Å². The number of ether oxygens (including phenoxy) is 1. The van der Waals surface area contributed by atoms with E-state index < -0.39 is 17.8 Å². The van der Waals surface area contributed by atoms with E-state index in [9.17, 15) is 19.2 Å². The Morgan fingerprint density at radius 2 is 1.55 bits per heavy atom. The normalized spacial score (nSPS) is 13.1. The second-order valence-corrected chi connectivity index (χ2v) is 9.25. The Morgan fingerprint density at radius 3 is 2.21 bits per heavy atom. The van der Waals surface area contributed by atoms with Crippen molar-refractivity contribution in [2.45, 2.75) is 20.3 Å². The van der Waals surface area contributed by atoms with Gasteiger partial charge in [0.25, 0.3) is 17.7 Å². The third-order valence-electron chi connectivity index (χ3n) is 5.69. The molecule has 1 heterocycles. The highest BCUT2D eigenvalue weighted by Gasteiger charge is 2.39. The second kappa shape index (κ2) is 11.5. The largest absolute Gasteiger partial charge is 0.462 e. The van der Waals surface area contributed by atoms with Gasteiger partial charge in [-0.15, -0.1) is 0 Å². The molecule has 3 aromatic rings. The fourth-order valence-electron chi connectivity index (χ4n) is 3.64. The summed E-state index contributed by atoms with van der Waals surface area (Å²) in [4.78, 5) is 51.4. The van der Waals surface area contributed by atoms with Crippen molar-refractivity contribution in [3.8, 4) is 0 Å². The molecule has 0 spiro atoms. The topological polar surface area (TPSA) is 105 Å². The average molecular weight is 552 g/mol. The van der Waals surface area contributed by atoms with Gasteiger partial charge in [-0.05, 0) is 79.6 Å². The maximum absolute atomic E-state index is 13.1. The molecular formula is C28H23Cl2N3O5. The summed E-state index contributed by atoms with van der Waals surface area (Å²) in [6.45, 7) is 4.04. The number of anilines is 3. The Balaban J connectivity index is 1.45. The molecule has 0 aromatic heterocycles. The number of nitrogens with zero attached hydrogens (tertiary/aromatic N) is 1. The van der Waals surface area contributed by atoms with E-state index in [4.69, 9.17) is 27.9 Å². The third kappa shape index (κ3) is 5.72. The number of imide groups is 1. The highest BCUT2D eigenvalue weighted by Crippen LogP contribution is 2.30. The molecule has 1 aliphatic heterocycles. The van der Waals surface area contributed by atoms with Gasteiger partial charge in [0.1, 0.15) is 10.7 Å². The van der Waals surface area contributed by atoms with Crippen LogP contribution >= 0.6 is 23.2 Å². The first-order valence-corrected chi connectivity index (χ1v) is 12.5. The number of hydrogen-bond acceptors (Lipinski definition) is 6. The molecule has 0 saturated carbocycles. The molecule has 0 saturated heterocycles. The van der Waals surface area contributed by atoms with Crippen LogP contribution < -0.4 is 15.5 Å². The lowest BCUT2D eigenvalue weighted by molar-refractivity contribution is -0.120. The molecular weight excluding hydrogens is 529 g/mol. The number of hydrogen-bond donors (Lipinski definition) is 2. The van der Waals surface area contributed by atoms with Gasteiger partial charge < -0.3 is 15.4 Å². The Hall–Kier alpha value is -4.14. The minimum atomic E-state index is -0.701. The van der Waals surface area contributed by atoms with E-state index in [0.29, 0.717) is 40.6 Å². The highest BCUT2D eigenvalue weighted by molar-refractivity contribution is 6.53. The standard InChI is InChI=1S/C28H23Cl2N3O5/c1-3-14-38-28(37)18-7-12-21(13-8-18)33-26(35)23(30)24(27(33)36)31-20-10-5-17(6-11-20)25(34)32-22-15-19(29)9-4-16(22)2/h4-13,15,31H,3,14H2,1-2H3,(H,32,34). The van der Waals surface area contributed by atoms with Crippen LogP contribution in [0.25, 0.3) is 0 Å². The predicted molar refractivity (Wildman–Crippen MR) is 147 cm³/mol. The van der Waals surface area contributed by atoms with E-state index in [1.54, 1.807) is 36.4 Å². The summed E-state index contributed by atoms with van der Waals surface area (Å²) in [7, 11) is 0. The number of aryl methyl sites for hydroxylation is 1. The van der Waals surface area contributed by atoms with Crippen LogP contribution in [-0.4, -0.2) is 30.3 Å². The van der Waals surface area contributed by atoms with Crippen molar-refractivity contribution in [3.63, 3.8) is 0 Å². The van der Waals surface area contributed by atoms with Gasteiger partial charge in [0.2, 0.25) is 0 Å². The molecule has 0 radical (unpaired) electrons. The number of rotatable bonds is 8. The van der Waals surface area contributed by atoms with Crippen LogP contribution in [0.5, 0.6) is 0 Å². The monoisotopic (exact) mass is 551 g/mol. The van der Waals surface area contributed by atoms with E-state index >= 15 is 0 Å². The Kier molecular flexibility index (Phi) is 8.14. The van der Waals surface area contributed by atoms with Gasteiger partial charge >= 0.3 is 5.97 Å². The maximum atomic E-state index is 13.1. The van der Waals surface area contributed by atoms with Crippen LogP contribution in [-0.2, 0) is 14.3 Å². The Morgan fingerprint density at radius 1 is 0.895 bits per heavy atom. The minimum absolute atomic E-state index is 0.102. The molecule has 0 atom stereocenters. The summed E-state index contributed by atoms with van der Waals surface area (Å²) in [6.07, 6.45) is 0.694. The Bertz CT molecular complexity index is 1450. The third-order valence-corrected chi connectivity index (χ3v) is 6.28. The van der Waals surface area contributed by atoms with Crippen molar-refractivity contribution in [2.24, 2.45) is 0 Å². The molecule has 4 rings (SSSR count). The van der Waals surface area contributed by atoms with Crippen LogP contribution in [0.2, 0.25) is 5.02 Å². The minimum Gasteiger partial charge on any atom is -0.462 e. The zero-order valence-corrected chi connectivity index (χ0v) is 22.0. The highest BCUT2D eigenvalue weighted by atomic mass is 35.5. The molecule has 0 fully saturated rings. The van der Waals surface area contributed by atoms with E-state index in [0.717, 1.165) is 10.5 Å². The SMILES string of the molecule is CCCOC(=O)c1ccc(N2C(=O)C(Cl)=C(Nc3ccc(C(=O)Nc4cc(Cl)ccc4C)cc3)C2=O)cc1. The lowest BCUT2D eigenvalue weighted by atomic mass is 10.1. The van der Waals surface area contributed by atoms with Crippen LogP contribution in [0.4, 0.5) is 17.1 Å². The summed E-state index contributed by atoms with van der Waals surface area (Å²) >= 11 is 12.2. The number of nitrogens with one attached hydrogen (secondary N) is 2. The molecule has 0 bridgehead atoms. The zero-order chi connectivity index (χ0) is 27.4. The van der Waals surface area contributed by atoms with Crippen molar-refractivity contribution >= 4 is 64.0 Å². The number of carbonyl (C=O) groups excluding carboxylic acids is 4. The summed E-state index contributed by atoms with van der Waals surface area (Å²) in [5.41, 5.74) is 2.74. The quantitative estimate of drug-likeness (QED) is 0.266. The number of benzene rings is 3. The summed E-state index contributed by atoms with van der Waals surface area (Å²) in [6, 6.07) is 17.4. The molecule has 8 nitrogen and oxygen atoms in total. The van der Waals surface area contributed by atoms with Gasteiger partial charge in [-0.3, -0.25) is 14.4 Å². The van der Waals surface area contributed by atoms with Gasteiger partial charge in [-0.25, -0.2) is 9.69 Å². The Labute approximate surface area is 229 Å². The van der Waals surface area contributed by atoms with Crippen molar-refractivity contribution in [2.75, 3.05) is 22.1 Å². The first kappa shape index (κ1) is 26.9. The van der Waals surface area contributed by atoms with Crippen molar-refractivity contribution < 1.29 is 23.9 Å². The van der Waals surface area contributed by atoms with Crippen LogP contribution in [0.15, 0.2) is 77.5 Å². The molecule has 0 aliphatic carbocycles. The van der Waals surface area contributed by atoms with Crippen molar-refractivity contribution in [1.82, 2.24) is 0 Å². The van der Waals surface area contributed by atoms with E-state index in [1.165, 1.54) is 24.3 Å². The average Bonchev–Trinajstić information content (AvgIpc) is 3.12. The smallest absolute Gasteiger partial charge is 0.338 e. The molecule has 3 amide bonds. The molecule has 0 unspecified atom stereocenters. The van der Waals surface area contributed by atoms with Gasteiger partial charge in [-0.1, -0.05) is 36.2 Å². The molecule has 38 heavy (non-hydrogen) atoms. The molecule has 3 aromatic carbocycles. The lowest BCUT2D eigenvalue weighted by Crippen LogP contribution is -2.32. The van der Waals surface area contributed by atoms with Gasteiger partial charge in [0.15, 0.2) is 0 Å². The first-order chi connectivity index (χ1) is 18.2. The fourth-order valence-corrected chi connectivity index (χ4v) is 4.03. The lowest BCUT2D eigenvalue weighted by Gasteiger charge is -2.15.